The zero-order valence-corrected chi connectivity index (χ0v) is 18.2. The number of rotatable bonds is 6. The minimum absolute atomic E-state index is 0.00296. The Hall–Kier alpha value is -3.66. The summed E-state index contributed by atoms with van der Waals surface area (Å²) < 4.78 is 1.87. The molecule has 0 aliphatic carbocycles. The van der Waals surface area contributed by atoms with Gasteiger partial charge in [-0.2, -0.15) is 5.10 Å². The van der Waals surface area contributed by atoms with E-state index in [1.807, 2.05) is 102 Å². The van der Waals surface area contributed by atoms with Crippen LogP contribution in [-0.4, -0.2) is 27.6 Å². The maximum atomic E-state index is 13.9. The number of hydrogen-bond donors (Lipinski definition) is 0. The molecule has 0 saturated carbocycles. The number of aromatic nitrogens is 2. The summed E-state index contributed by atoms with van der Waals surface area (Å²) in [5, 5.41) is 4.88. The lowest BCUT2D eigenvalue weighted by Crippen LogP contribution is -2.31. The Morgan fingerprint density at radius 1 is 0.903 bits per heavy atom. The van der Waals surface area contributed by atoms with E-state index in [0.29, 0.717) is 11.3 Å². The molecule has 0 radical (unpaired) electrons. The van der Waals surface area contributed by atoms with Gasteiger partial charge in [-0.3, -0.25) is 4.79 Å². The molecule has 1 atom stereocenters. The van der Waals surface area contributed by atoms with Crippen LogP contribution in [-0.2, 0) is 0 Å². The van der Waals surface area contributed by atoms with Crippen LogP contribution in [0.2, 0.25) is 0 Å². The molecule has 0 bridgehead atoms. The molecule has 31 heavy (non-hydrogen) atoms. The maximum absolute atomic E-state index is 13.9. The molecule has 0 fully saturated rings. The average Bonchev–Trinajstić information content (AvgIpc) is 3.18. The highest BCUT2D eigenvalue weighted by Gasteiger charge is 2.28. The summed E-state index contributed by atoms with van der Waals surface area (Å²) in [6.07, 6.45) is 0.832. The molecule has 0 N–H and O–H groups in total. The van der Waals surface area contributed by atoms with Gasteiger partial charge in [-0.15, -0.1) is 0 Å². The fourth-order valence-electron chi connectivity index (χ4n) is 4.10. The number of amides is 1. The first kappa shape index (κ1) is 20.6. The van der Waals surface area contributed by atoms with Gasteiger partial charge in [0.25, 0.3) is 5.91 Å². The van der Waals surface area contributed by atoms with Crippen molar-refractivity contribution in [3.8, 4) is 16.9 Å². The SMILES string of the molecule is CCC(c1ccccc1)N(C)C(=O)c1c(-c2ccccc2)nn(-c2ccccc2)c1C. The first-order valence-electron chi connectivity index (χ1n) is 10.6. The smallest absolute Gasteiger partial charge is 0.258 e. The van der Waals surface area contributed by atoms with E-state index in [-0.39, 0.29) is 11.9 Å². The van der Waals surface area contributed by atoms with Crippen LogP contribution in [0.15, 0.2) is 91.0 Å². The van der Waals surface area contributed by atoms with Gasteiger partial charge in [-0.05, 0) is 31.0 Å². The summed E-state index contributed by atoms with van der Waals surface area (Å²) >= 11 is 0. The molecule has 0 aliphatic heterocycles. The zero-order valence-electron chi connectivity index (χ0n) is 18.2. The van der Waals surface area contributed by atoms with Crippen LogP contribution >= 0.6 is 0 Å². The van der Waals surface area contributed by atoms with Gasteiger partial charge in [0, 0.05) is 12.6 Å². The Labute approximate surface area is 183 Å². The van der Waals surface area contributed by atoms with Gasteiger partial charge in [0.1, 0.15) is 5.69 Å². The van der Waals surface area contributed by atoms with E-state index in [4.69, 9.17) is 5.10 Å². The molecule has 4 aromatic rings. The Bertz CT molecular complexity index is 1150. The van der Waals surface area contributed by atoms with E-state index < -0.39 is 0 Å². The van der Waals surface area contributed by atoms with Crippen LogP contribution in [0.25, 0.3) is 16.9 Å². The molecule has 0 saturated heterocycles. The van der Waals surface area contributed by atoms with Gasteiger partial charge in [0.15, 0.2) is 0 Å². The second-order valence-corrected chi connectivity index (χ2v) is 7.67. The second kappa shape index (κ2) is 9.00. The van der Waals surface area contributed by atoms with Crippen molar-refractivity contribution in [2.75, 3.05) is 7.05 Å². The van der Waals surface area contributed by atoms with E-state index >= 15 is 0 Å². The predicted octanol–water partition coefficient (Wildman–Crippen LogP) is 6.07. The van der Waals surface area contributed by atoms with E-state index in [2.05, 4.69) is 19.1 Å². The van der Waals surface area contributed by atoms with Gasteiger partial charge in [-0.1, -0.05) is 85.8 Å². The van der Waals surface area contributed by atoms with Crippen molar-refractivity contribution in [3.05, 3.63) is 108 Å². The Kier molecular flexibility index (Phi) is 5.99. The number of benzene rings is 3. The molecule has 3 aromatic carbocycles. The number of hydrogen-bond acceptors (Lipinski definition) is 2. The fourth-order valence-corrected chi connectivity index (χ4v) is 4.10. The van der Waals surface area contributed by atoms with E-state index in [9.17, 15) is 4.79 Å². The lowest BCUT2D eigenvalue weighted by atomic mass is 10.0. The average molecular weight is 410 g/mol. The van der Waals surface area contributed by atoms with Gasteiger partial charge in [0.05, 0.1) is 23.0 Å². The summed E-state index contributed by atoms with van der Waals surface area (Å²) in [5.74, 6) is -0.0192. The summed E-state index contributed by atoms with van der Waals surface area (Å²) in [6, 6.07) is 30.1. The van der Waals surface area contributed by atoms with Crippen LogP contribution in [0, 0.1) is 6.92 Å². The molecule has 0 aliphatic rings. The highest BCUT2D eigenvalue weighted by molar-refractivity contribution is 6.01. The summed E-state index contributed by atoms with van der Waals surface area (Å²) in [6.45, 7) is 4.08. The number of nitrogens with zero attached hydrogens (tertiary/aromatic N) is 3. The first-order valence-corrected chi connectivity index (χ1v) is 10.6. The van der Waals surface area contributed by atoms with Crippen molar-refractivity contribution in [1.82, 2.24) is 14.7 Å². The molecular weight excluding hydrogens is 382 g/mol. The third-order valence-corrected chi connectivity index (χ3v) is 5.74. The molecule has 4 nitrogen and oxygen atoms in total. The van der Waals surface area contributed by atoms with Crippen molar-refractivity contribution in [3.63, 3.8) is 0 Å². The quantitative estimate of drug-likeness (QED) is 0.388. The van der Waals surface area contributed by atoms with Crippen molar-refractivity contribution < 1.29 is 4.79 Å². The molecule has 1 aromatic heterocycles. The van der Waals surface area contributed by atoms with E-state index in [0.717, 1.165) is 28.9 Å². The first-order chi connectivity index (χ1) is 15.1. The Morgan fingerprint density at radius 2 is 1.45 bits per heavy atom. The highest BCUT2D eigenvalue weighted by atomic mass is 16.2. The standard InChI is InChI=1S/C27H27N3O/c1-4-24(21-14-8-5-9-15-21)29(3)27(31)25-20(2)30(23-18-12-7-13-19-23)28-26(25)22-16-10-6-11-17-22/h5-19,24H,4H2,1-3H3. The second-order valence-electron chi connectivity index (χ2n) is 7.67. The normalized spacial score (nSPS) is 11.8. The van der Waals surface area contributed by atoms with Crippen LogP contribution < -0.4 is 0 Å². The highest BCUT2D eigenvalue weighted by Crippen LogP contribution is 2.31. The maximum Gasteiger partial charge on any atom is 0.258 e. The van der Waals surface area contributed by atoms with E-state index in [1.165, 1.54) is 0 Å². The molecule has 4 heteroatoms. The molecular formula is C27H27N3O. The fraction of sp³-hybridized carbons (Fsp3) is 0.185. The van der Waals surface area contributed by atoms with Gasteiger partial charge in [-0.25, -0.2) is 4.68 Å². The zero-order chi connectivity index (χ0) is 21.8. The van der Waals surface area contributed by atoms with Gasteiger partial charge < -0.3 is 4.90 Å². The third-order valence-electron chi connectivity index (χ3n) is 5.74. The molecule has 0 spiro atoms. The van der Waals surface area contributed by atoms with Crippen molar-refractivity contribution in [2.24, 2.45) is 0 Å². The largest absolute Gasteiger partial charge is 0.335 e. The predicted molar refractivity (Wildman–Crippen MR) is 125 cm³/mol. The van der Waals surface area contributed by atoms with E-state index in [1.54, 1.807) is 0 Å². The lowest BCUT2D eigenvalue weighted by molar-refractivity contribution is 0.0726. The number of carbonyl (C=O) groups is 1. The number of para-hydroxylation sites is 1. The topological polar surface area (TPSA) is 38.1 Å². The van der Waals surface area contributed by atoms with Crippen LogP contribution in [0.4, 0.5) is 0 Å². The Morgan fingerprint density at radius 3 is 2.03 bits per heavy atom. The summed E-state index contributed by atoms with van der Waals surface area (Å²) in [4.78, 5) is 15.7. The Balaban J connectivity index is 1.83. The molecule has 1 heterocycles. The number of carbonyl (C=O) groups excluding carboxylic acids is 1. The molecule has 4 rings (SSSR count). The van der Waals surface area contributed by atoms with Gasteiger partial charge in [0.2, 0.25) is 0 Å². The van der Waals surface area contributed by atoms with Crippen molar-refractivity contribution in [2.45, 2.75) is 26.3 Å². The third kappa shape index (κ3) is 4.02. The minimum Gasteiger partial charge on any atom is -0.335 e. The molecule has 156 valence electrons. The van der Waals surface area contributed by atoms with Crippen LogP contribution in [0.1, 0.15) is 41.0 Å². The van der Waals surface area contributed by atoms with Crippen LogP contribution in [0.5, 0.6) is 0 Å². The van der Waals surface area contributed by atoms with Crippen molar-refractivity contribution >= 4 is 5.91 Å². The molecule has 1 amide bonds. The monoisotopic (exact) mass is 409 g/mol. The molecule has 1 unspecified atom stereocenters. The van der Waals surface area contributed by atoms with Gasteiger partial charge >= 0.3 is 0 Å². The summed E-state index contributed by atoms with van der Waals surface area (Å²) in [5.41, 5.74) is 5.20. The van der Waals surface area contributed by atoms with Crippen molar-refractivity contribution in [1.29, 1.82) is 0 Å². The summed E-state index contributed by atoms with van der Waals surface area (Å²) in [7, 11) is 1.89. The lowest BCUT2D eigenvalue weighted by Gasteiger charge is -2.28. The van der Waals surface area contributed by atoms with Crippen LogP contribution in [0.3, 0.4) is 0 Å². The minimum atomic E-state index is -0.0192.